The molecule has 1 aliphatic rings. The zero-order chi connectivity index (χ0) is 9.26. The first-order valence-electron chi connectivity index (χ1n) is 4.32. The second-order valence-electron chi connectivity index (χ2n) is 3.28. The van der Waals surface area contributed by atoms with Gasteiger partial charge in [-0.1, -0.05) is 0 Å². The minimum atomic E-state index is 0.452. The number of nitrogens with one attached hydrogen (secondary N) is 1. The molecule has 2 rings (SSSR count). The highest BCUT2D eigenvalue weighted by atomic mass is 15.3. The smallest absolute Gasteiger partial charge is 0.163 e. The molecule has 0 saturated heterocycles. The Morgan fingerprint density at radius 3 is 3.00 bits per heavy atom. The van der Waals surface area contributed by atoms with Crippen molar-refractivity contribution in [3.8, 4) is 0 Å². The van der Waals surface area contributed by atoms with Crippen LogP contribution in [0, 0.1) is 0 Å². The largest absolute Gasteiger partial charge is 0.340 e. The Labute approximate surface area is 76.6 Å². The van der Waals surface area contributed by atoms with Gasteiger partial charge >= 0.3 is 0 Å². The number of aliphatic imine (C=N–C) groups is 1. The van der Waals surface area contributed by atoms with Gasteiger partial charge in [0.25, 0.3) is 0 Å². The summed E-state index contributed by atoms with van der Waals surface area (Å²) in [5, 5.41) is 0. The first kappa shape index (κ1) is 8.25. The zero-order valence-electron chi connectivity index (χ0n) is 7.57. The summed E-state index contributed by atoms with van der Waals surface area (Å²) in [5.74, 6) is 6.04. The topological polar surface area (TPSA) is 68.2 Å². The highest BCUT2D eigenvalue weighted by molar-refractivity contribution is 5.96. The molecule has 70 valence electrons. The molecule has 1 heterocycles. The predicted octanol–water partition coefficient (Wildman–Crippen LogP) is -0.208. The van der Waals surface area contributed by atoms with Crippen molar-refractivity contribution < 1.29 is 0 Å². The van der Waals surface area contributed by atoms with Crippen molar-refractivity contribution in [2.24, 2.45) is 17.9 Å². The summed E-state index contributed by atoms with van der Waals surface area (Å²) in [5.41, 5.74) is 3.38. The zero-order valence-corrected chi connectivity index (χ0v) is 7.57. The maximum Gasteiger partial charge on any atom is 0.163 e. The van der Waals surface area contributed by atoms with Crippen LogP contribution >= 0.6 is 0 Å². The molecular formula is C8H13N5. The maximum absolute atomic E-state index is 5.36. The van der Waals surface area contributed by atoms with Gasteiger partial charge in [0.2, 0.25) is 0 Å². The third-order valence-electron chi connectivity index (χ3n) is 1.94. The Morgan fingerprint density at radius 1 is 1.77 bits per heavy atom. The molecule has 1 aromatic heterocycles. The van der Waals surface area contributed by atoms with E-state index >= 15 is 0 Å². The van der Waals surface area contributed by atoms with Crippen LogP contribution in [0.25, 0.3) is 0 Å². The molecule has 0 aliphatic heterocycles. The number of amidine groups is 1. The number of aryl methyl sites for hydroxylation is 1. The third kappa shape index (κ3) is 1.86. The molecule has 5 heteroatoms. The average Bonchev–Trinajstić information content (AvgIpc) is 2.84. The predicted molar refractivity (Wildman–Crippen MR) is 50.1 cm³/mol. The molecule has 0 bridgehead atoms. The molecule has 5 nitrogen and oxygen atoms in total. The lowest BCUT2D eigenvalue weighted by Gasteiger charge is -2.00. The normalized spacial score (nSPS) is 17.5. The van der Waals surface area contributed by atoms with Gasteiger partial charge in [0.15, 0.2) is 5.84 Å². The van der Waals surface area contributed by atoms with E-state index in [4.69, 9.17) is 5.84 Å². The van der Waals surface area contributed by atoms with E-state index in [-0.39, 0.29) is 0 Å². The highest BCUT2D eigenvalue weighted by Crippen LogP contribution is 2.23. The first-order chi connectivity index (χ1) is 6.29. The Morgan fingerprint density at radius 2 is 2.54 bits per heavy atom. The van der Waals surface area contributed by atoms with Crippen LogP contribution in [0.5, 0.6) is 0 Å². The lowest BCUT2D eigenvalue weighted by atomic mass is 10.4. The van der Waals surface area contributed by atoms with Gasteiger partial charge in [-0.3, -0.25) is 4.99 Å². The number of imidazole rings is 1. The fourth-order valence-electron chi connectivity index (χ4n) is 1.10. The molecule has 0 radical (unpaired) electrons. The van der Waals surface area contributed by atoms with Gasteiger partial charge in [-0.2, -0.15) is 0 Å². The van der Waals surface area contributed by atoms with Gasteiger partial charge in [0.1, 0.15) is 5.69 Å². The van der Waals surface area contributed by atoms with Crippen LogP contribution in [0.15, 0.2) is 17.5 Å². The lowest BCUT2D eigenvalue weighted by Crippen LogP contribution is -2.31. The quantitative estimate of drug-likeness (QED) is 0.286. The Hall–Kier alpha value is -1.36. The molecule has 0 aromatic carbocycles. The van der Waals surface area contributed by atoms with Crippen LogP contribution in [0.1, 0.15) is 18.5 Å². The number of aromatic nitrogens is 2. The van der Waals surface area contributed by atoms with E-state index < -0.39 is 0 Å². The summed E-state index contributed by atoms with van der Waals surface area (Å²) >= 11 is 0. The Balaban J connectivity index is 2.20. The fraction of sp³-hybridized carbons (Fsp3) is 0.500. The number of hydrogen-bond acceptors (Lipinski definition) is 3. The van der Waals surface area contributed by atoms with Crippen molar-refractivity contribution in [3.63, 3.8) is 0 Å². The van der Waals surface area contributed by atoms with Gasteiger partial charge in [0.05, 0.1) is 12.4 Å². The van der Waals surface area contributed by atoms with Crippen molar-refractivity contribution in [2.45, 2.75) is 18.9 Å². The molecule has 13 heavy (non-hydrogen) atoms. The van der Waals surface area contributed by atoms with E-state index in [1.807, 2.05) is 17.8 Å². The summed E-state index contributed by atoms with van der Waals surface area (Å²) in [6.07, 6.45) is 5.95. The van der Waals surface area contributed by atoms with Gasteiger partial charge < -0.3 is 9.99 Å². The molecule has 0 spiro atoms. The second kappa shape index (κ2) is 3.18. The standard InChI is InChI=1S/C8H13N5/c1-13-4-7(10-5-13)8(12-9)11-6-2-3-6/h4-6H,2-3,9H2,1H3,(H,11,12). The van der Waals surface area contributed by atoms with Crippen LogP contribution < -0.4 is 11.3 Å². The third-order valence-corrected chi connectivity index (χ3v) is 1.94. The summed E-state index contributed by atoms with van der Waals surface area (Å²) in [4.78, 5) is 8.55. The molecule has 3 N–H and O–H groups in total. The molecule has 1 aliphatic carbocycles. The molecule has 0 unspecified atom stereocenters. The molecule has 1 aromatic rings. The first-order valence-corrected chi connectivity index (χ1v) is 4.32. The number of nitrogens with two attached hydrogens (primary N) is 1. The summed E-state index contributed by atoms with van der Waals surface area (Å²) in [7, 11) is 1.92. The van der Waals surface area contributed by atoms with Gasteiger partial charge in [-0.15, -0.1) is 0 Å². The van der Waals surface area contributed by atoms with Crippen molar-refractivity contribution in [1.29, 1.82) is 0 Å². The highest BCUT2D eigenvalue weighted by Gasteiger charge is 2.21. The fourth-order valence-corrected chi connectivity index (χ4v) is 1.10. The minimum Gasteiger partial charge on any atom is -0.340 e. The van der Waals surface area contributed by atoms with Gasteiger partial charge in [0, 0.05) is 13.2 Å². The summed E-state index contributed by atoms with van der Waals surface area (Å²) in [6, 6.07) is 0.452. The van der Waals surface area contributed by atoms with Crippen molar-refractivity contribution >= 4 is 5.84 Å². The number of hydrogen-bond donors (Lipinski definition) is 2. The lowest BCUT2D eigenvalue weighted by molar-refractivity contribution is 0.913. The van der Waals surface area contributed by atoms with Crippen LogP contribution in [0.3, 0.4) is 0 Å². The molecule has 1 fully saturated rings. The monoisotopic (exact) mass is 179 g/mol. The van der Waals surface area contributed by atoms with Crippen molar-refractivity contribution in [3.05, 3.63) is 18.2 Å². The van der Waals surface area contributed by atoms with Crippen molar-refractivity contribution in [2.75, 3.05) is 0 Å². The van der Waals surface area contributed by atoms with E-state index in [1.165, 1.54) is 0 Å². The average molecular weight is 179 g/mol. The summed E-state index contributed by atoms with van der Waals surface area (Å²) in [6.45, 7) is 0. The van der Waals surface area contributed by atoms with Crippen LogP contribution in [-0.4, -0.2) is 21.4 Å². The van der Waals surface area contributed by atoms with Crippen molar-refractivity contribution in [1.82, 2.24) is 15.0 Å². The minimum absolute atomic E-state index is 0.452. The SMILES string of the molecule is Cn1cnc(C(=NC2CC2)NN)c1. The van der Waals surface area contributed by atoms with E-state index in [0.717, 1.165) is 18.5 Å². The van der Waals surface area contributed by atoms with Crippen LogP contribution in [0.4, 0.5) is 0 Å². The molecular weight excluding hydrogens is 166 g/mol. The molecule has 1 saturated carbocycles. The maximum atomic E-state index is 5.36. The molecule has 0 atom stereocenters. The second-order valence-corrected chi connectivity index (χ2v) is 3.28. The van der Waals surface area contributed by atoms with E-state index in [9.17, 15) is 0 Å². The van der Waals surface area contributed by atoms with Crippen LogP contribution in [-0.2, 0) is 7.05 Å². The summed E-state index contributed by atoms with van der Waals surface area (Å²) < 4.78 is 1.87. The Kier molecular flexibility index (Phi) is 2.02. The Bertz CT molecular complexity index is 323. The number of nitrogens with zero attached hydrogens (tertiary/aromatic N) is 3. The van der Waals surface area contributed by atoms with Crippen LogP contribution in [0.2, 0.25) is 0 Å². The van der Waals surface area contributed by atoms with E-state index in [0.29, 0.717) is 11.9 Å². The van der Waals surface area contributed by atoms with E-state index in [1.54, 1.807) is 6.33 Å². The molecule has 0 amide bonds. The van der Waals surface area contributed by atoms with E-state index in [2.05, 4.69) is 15.4 Å². The van der Waals surface area contributed by atoms with Gasteiger partial charge in [-0.25, -0.2) is 10.8 Å². The number of hydrazine groups is 1. The number of rotatable bonds is 2. The van der Waals surface area contributed by atoms with Gasteiger partial charge in [-0.05, 0) is 12.8 Å².